The molecule has 1 aliphatic heterocycles. The van der Waals surface area contributed by atoms with Crippen LogP contribution < -0.4 is 5.32 Å². The van der Waals surface area contributed by atoms with Crippen molar-refractivity contribution in [3.63, 3.8) is 0 Å². The van der Waals surface area contributed by atoms with Crippen LogP contribution in [-0.4, -0.2) is 22.3 Å². The lowest BCUT2D eigenvalue weighted by Crippen LogP contribution is -2.03. The van der Waals surface area contributed by atoms with Crippen LogP contribution in [0.4, 0.5) is 10.5 Å². The van der Waals surface area contributed by atoms with Crippen LogP contribution in [0.15, 0.2) is 24.3 Å². The van der Waals surface area contributed by atoms with Gasteiger partial charge in [0.15, 0.2) is 0 Å². The molecule has 5 heteroatoms. The Labute approximate surface area is 80.0 Å². The molecule has 0 atom stereocenters. The van der Waals surface area contributed by atoms with Gasteiger partial charge in [0.05, 0.1) is 6.42 Å². The SMILES string of the molecule is O=C(O)O.O=C1Cc2ccccc2N1. The summed E-state index contributed by atoms with van der Waals surface area (Å²) < 4.78 is 0. The Morgan fingerprint density at radius 2 is 1.86 bits per heavy atom. The summed E-state index contributed by atoms with van der Waals surface area (Å²) in [6.45, 7) is 0. The van der Waals surface area contributed by atoms with Crippen molar-refractivity contribution < 1.29 is 19.8 Å². The Hall–Kier alpha value is -2.04. The zero-order valence-electron chi connectivity index (χ0n) is 7.23. The van der Waals surface area contributed by atoms with Crippen molar-refractivity contribution in [1.29, 1.82) is 0 Å². The van der Waals surface area contributed by atoms with E-state index in [4.69, 9.17) is 15.0 Å². The summed E-state index contributed by atoms with van der Waals surface area (Å²) in [5, 5.41) is 16.7. The fraction of sp³-hybridized carbons (Fsp3) is 0.111. The molecule has 0 bridgehead atoms. The Kier molecular flexibility index (Phi) is 3.06. The number of carbonyl (C=O) groups is 2. The molecule has 0 aromatic heterocycles. The first-order valence-electron chi connectivity index (χ1n) is 3.89. The Morgan fingerprint density at radius 1 is 1.29 bits per heavy atom. The molecule has 5 nitrogen and oxygen atoms in total. The minimum absolute atomic E-state index is 0.0983. The number of anilines is 1. The van der Waals surface area contributed by atoms with Crippen molar-refractivity contribution in [2.75, 3.05) is 5.32 Å². The lowest BCUT2D eigenvalue weighted by Gasteiger charge is -1.93. The molecule has 14 heavy (non-hydrogen) atoms. The van der Waals surface area contributed by atoms with E-state index in [-0.39, 0.29) is 5.91 Å². The highest BCUT2D eigenvalue weighted by molar-refractivity contribution is 5.98. The van der Waals surface area contributed by atoms with E-state index < -0.39 is 6.16 Å². The fourth-order valence-electron chi connectivity index (χ4n) is 1.16. The number of carbonyl (C=O) groups excluding carboxylic acids is 1. The first kappa shape index (κ1) is 10.0. The first-order chi connectivity index (χ1) is 6.59. The zero-order valence-corrected chi connectivity index (χ0v) is 7.23. The van der Waals surface area contributed by atoms with Gasteiger partial charge in [-0.3, -0.25) is 4.79 Å². The van der Waals surface area contributed by atoms with Crippen molar-refractivity contribution in [3.05, 3.63) is 29.8 Å². The highest BCUT2D eigenvalue weighted by Crippen LogP contribution is 2.20. The van der Waals surface area contributed by atoms with Gasteiger partial charge in [0, 0.05) is 5.69 Å². The van der Waals surface area contributed by atoms with E-state index in [0.717, 1.165) is 11.3 Å². The van der Waals surface area contributed by atoms with Gasteiger partial charge in [-0.1, -0.05) is 18.2 Å². The van der Waals surface area contributed by atoms with Gasteiger partial charge < -0.3 is 15.5 Å². The van der Waals surface area contributed by atoms with E-state index in [0.29, 0.717) is 6.42 Å². The summed E-state index contributed by atoms with van der Waals surface area (Å²) in [7, 11) is 0. The number of rotatable bonds is 0. The van der Waals surface area contributed by atoms with Crippen LogP contribution in [0.1, 0.15) is 5.56 Å². The van der Waals surface area contributed by atoms with Crippen LogP contribution in [-0.2, 0) is 11.2 Å². The Bertz CT molecular complexity index is 331. The van der Waals surface area contributed by atoms with Gasteiger partial charge in [0.1, 0.15) is 0 Å². The number of fused-ring (bicyclic) bond motifs is 1. The summed E-state index contributed by atoms with van der Waals surface area (Å²) >= 11 is 0. The minimum atomic E-state index is -1.83. The van der Waals surface area contributed by atoms with Crippen LogP contribution in [0.25, 0.3) is 0 Å². The second-order valence-corrected chi connectivity index (χ2v) is 2.66. The topological polar surface area (TPSA) is 86.6 Å². The van der Waals surface area contributed by atoms with E-state index >= 15 is 0 Å². The van der Waals surface area contributed by atoms with Crippen LogP contribution in [0.3, 0.4) is 0 Å². The first-order valence-corrected chi connectivity index (χ1v) is 3.89. The van der Waals surface area contributed by atoms with Crippen LogP contribution in [0.5, 0.6) is 0 Å². The summed E-state index contributed by atoms with van der Waals surface area (Å²) in [6, 6.07) is 7.75. The lowest BCUT2D eigenvalue weighted by molar-refractivity contribution is -0.115. The van der Waals surface area contributed by atoms with Gasteiger partial charge in [-0.05, 0) is 11.6 Å². The summed E-state index contributed by atoms with van der Waals surface area (Å²) in [5.41, 5.74) is 2.07. The number of para-hydroxylation sites is 1. The van der Waals surface area contributed by atoms with E-state index in [9.17, 15) is 4.79 Å². The van der Waals surface area contributed by atoms with Gasteiger partial charge >= 0.3 is 6.16 Å². The molecule has 1 heterocycles. The van der Waals surface area contributed by atoms with Crippen LogP contribution >= 0.6 is 0 Å². The number of amides is 1. The molecule has 0 saturated carbocycles. The maximum Gasteiger partial charge on any atom is 0.503 e. The highest BCUT2D eigenvalue weighted by Gasteiger charge is 2.15. The predicted octanol–water partition coefficient (Wildman–Crippen LogP) is 1.40. The van der Waals surface area contributed by atoms with Crippen molar-refractivity contribution in [2.45, 2.75) is 6.42 Å². The molecule has 0 unspecified atom stereocenters. The molecule has 2 rings (SSSR count). The monoisotopic (exact) mass is 195 g/mol. The number of hydrogen-bond acceptors (Lipinski definition) is 2. The number of hydrogen-bond donors (Lipinski definition) is 3. The van der Waals surface area contributed by atoms with Crippen molar-refractivity contribution in [3.8, 4) is 0 Å². The minimum Gasteiger partial charge on any atom is -0.450 e. The predicted molar refractivity (Wildman–Crippen MR) is 49.4 cm³/mol. The highest BCUT2D eigenvalue weighted by atomic mass is 16.6. The van der Waals surface area contributed by atoms with Crippen LogP contribution in [0.2, 0.25) is 0 Å². The van der Waals surface area contributed by atoms with E-state index in [1.165, 1.54) is 0 Å². The maximum absolute atomic E-state index is 10.8. The van der Waals surface area contributed by atoms with Crippen molar-refractivity contribution >= 4 is 17.7 Å². The molecule has 1 aromatic rings. The van der Waals surface area contributed by atoms with Crippen molar-refractivity contribution in [2.24, 2.45) is 0 Å². The maximum atomic E-state index is 10.8. The second kappa shape index (κ2) is 4.27. The number of benzene rings is 1. The standard InChI is InChI=1S/C8H7NO.CH2O3/c10-8-5-6-3-1-2-4-7(6)9-8;2-1(3)4/h1-4H,5H2,(H,9,10);(H2,2,3,4). The lowest BCUT2D eigenvalue weighted by atomic mass is 10.2. The van der Waals surface area contributed by atoms with Gasteiger partial charge in [0.2, 0.25) is 5.91 Å². The van der Waals surface area contributed by atoms with Gasteiger partial charge in [-0.15, -0.1) is 0 Å². The molecular formula is C9H9NO4. The molecule has 1 aromatic carbocycles. The number of carboxylic acid groups (broad SMARTS) is 2. The molecule has 0 spiro atoms. The normalized spacial score (nSPS) is 12.1. The quantitative estimate of drug-likeness (QED) is 0.584. The molecule has 0 aliphatic carbocycles. The Balaban J connectivity index is 0.000000213. The molecule has 0 saturated heterocycles. The molecule has 0 radical (unpaired) electrons. The van der Waals surface area contributed by atoms with Crippen molar-refractivity contribution in [1.82, 2.24) is 0 Å². The smallest absolute Gasteiger partial charge is 0.450 e. The van der Waals surface area contributed by atoms with Gasteiger partial charge in [-0.2, -0.15) is 0 Å². The summed E-state index contributed by atoms with van der Waals surface area (Å²) in [6.07, 6.45) is -1.30. The Morgan fingerprint density at radius 3 is 2.43 bits per heavy atom. The van der Waals surface area contributed by atoms with Gasteiger partial charge in [0.25, 0.3) is 0 Å². The third-order valence-corrected chi connectivity index (χ3v) is 1.64. The molecule has 3 N–H and O–H groups in total. The molecule has 0 fully saturated rings. The third kappa shape index (κ3) is 2.78. The molecule has 1 aliphatic rings. The molecular weight excluding hydrogens is 186 g/mol. The second-order valence-electron chi connectivity index (χ2n) is 2.66. The van der Waals surface area contributed by atoms with Crippen LogP contribution in [0, 0.1) is 0 Å². The average Bonchev–Trinajstić information content (AvgIpc) is 2.42. The molecule has 1 amide bonds. The third-order valence-electron chi connectivity index (χ3n) is 1.64. The summed E-state index contributed by atoms with van der Waals surface area (Å²) in [4.78, 5) is 19.3. The van der Waals surface area contributed by atoms with E-state index in [2.05, 4.69) is 5.32 Å². The average molecular weight is 195 g/mol. The fourth-order valence-corrected chi connectivity index (χ4v) is 1.16. The number of nitrogens with one attached hydrogen (secondary N) is 1. The van der Waals surface area contributed by atoms with Gasteiger partial charge in [-0.25, -0.2) is 4.79 Å². The van der Waals surface area contributed by atoms with E-state index in [1.807, 2.05) is 24.3 Å². The largest absolute Gasteiger partial charge is 0.503 e. The van der Waals surface area contributed by atoms with E-state index in [1.54, 1.807) is 0 Å². The zero-order chi connectivity index (χ0) is 10.6. The molecule has 74 valence electrons. The summed E-state index contributed by atoms with van der Waals surface area (Å²) in [5.74, 6) is 0.0983.